The number of aliphatic hydroxyl groups is 2. The van der Waals surface area contributed by atoms with E-state index in [1.165, 1.54) is 0 Å². The summed E-state index contributed by atoms with van der Waals surface area (Å²) in [5, 5.41) is 19.3. The van der Waals surface area contributed by atoms with Crippen LogP contribution in [-0.4, -0.2) is 56.8 Å². The van der Waals surface area contributed by atoms with Gasteiger partial charge in [-0.05, 0) is 69.6 Å². The molecule has 4 atom stereocenters. The Kier molecular flexibility index (Phi) is 8.23. The molecule has 0 saturated heterocycles. The van der Waals surface area contributed by atoms with Crippen molar-refractivity contribution in [1.82, 2.24) is 0 Å². The van der Waals surface area contributed by atoms with Crippen molar-refractivity contribution in [2.75, 3.05) is 7.11 Å². The summed E-state index contributed by atoms with van der Waals surface area (Å²) in [4.78, 5) is 11.7. The average molecular weight is 435 g/mol. The lowest BCUT2D eigenvalue weighted by Crippen LogP contribution is -2.61. The maximum absolute atomic E-state index is 11.7. The van der Waals surface area contributed by atoms with Crippen LogP contribution in [0.1, 0.15) is 74.1 Å². The van der Waals surface area contributed by atoms with Gasteiger partial charge in [0.25, 0.3) is 0 Å². The second-order valence-corrected chi connectivity index (χ2v) is 19.8. The van der Waals surface area contributed by atoms with Crippen LogP contribution < -0.4 is 0 Å². The quantitative estimate of drug-likeness (QED) is 0.488. The molecule has 1 saturated carbocycles. The van der Waals surface area contributed by atoms with Gasteiger partial charge < -0.3 is 23.9 Å². The van der Waals surface area contributed by atoms with Crippen molar-refractivity contribution < 1.29 is 23.9 Å². The lowest BCUT2D eigenvalue weighted by Gasteiger charge is -2.53. The summed E-state index contributed by atoms with van der Waals surface area (Å²) in [6.45, 7) is 19.5. The highest BCUT2D eigenvalue weighted by atomic mass is 28.4. The third-order valence-electron chi connectivity index (χ3n) is 7.92. The number of rotatable bonds is 8. The zero-order chi connectivity index (χ0) is 22.2. The first kappa shape index (κ1) is 26.3. The molecule has 1 fully saturated rings. The van der Waals surface area contributed by atoms with Crippen LogP contribution in [0.3, 0.4) is 0 Å². The average Bonchev–Trinajstić information content (AvgIpc) is 2.53. The summed E-state index contributed by atoms with van der Waals surface area (Å²) in [5.41, 5.74) is -0.532. The zero-order valence-electron chi connectivity index (χ0n) is 19.9. The minimum Gasteiger partial charge on any atom is -0.411 e. The smallest absolute Gasteiger partial charge is 0.343 e. The zero-order valence-corrected chi connectivity index (χ0v) is 21.9. The molecule has 28 heavy (non-hydrogen) atoms. The van der Waals surface area contributed by atoms with E-state index in [2.05, 4.69) is 61.6 Å². The highest BCUT2D eigenvalue weighted by molar-refractivity contribution is 6.74. The fourth-order valence-corrected chi connectivity index (χ4v) is 9.01. The summed E-state index contributed by atoms with van der Waals surface area (Å²) < 4.78 is 12.6. The summed E-state index contributed by atoms with van der Waals surface area (Å²) in [7, 11) is -3.51. The molecule has 0 aromatic rings. The molecule has 0 amide bonds. The molecule has 0 spiro atoms. The molecule has 5 nitrogen and oxygen atoms in total. The van der Waals surface area contributed by atoms with Gasteiger partial charge in [0.05, 0.1) is 17.8 Å². The largest absolute Gasteiger partial charge is 0.411 e. The Hall–Kier alpha value is 0.234. The van der Waals surface area contributed by atoms with E-state index in [9.17, 15) is 15.0 Å². The monoisotopic (exact) mass is 434 g/mol. The van der Waals surface area contributed by atoms with Crippen molar-refractivity contribution in [3.05, 3.63) is 0 Å². The molecule has 1 rings (SSSR count). The second-order valence-electron chi connectivity index (χ2n) is 11.3. The Bertz CT molecular complexity index is 515. The van der Waals surface area contributed by atoms with Crippen molar-refractivity contribution in [3.63, 3.8) is 0 Å². The van der Waals surface area contributed by atoms with Gasteiger partial charge in [-0.25, -0.2) is 0 Å². The predicted molar refractivity (Wildman–Crippen MR) is 120 cm³/mol. The molecule has 4 unspecified atom stereocenters. The van der Waals surface area contributed by atoms with Gasteiger partial charge in [-0.3, -0.25) is 0 Å². The third-order valence-corrected chi connectivity index (χ3v) is 16.7. The van der Waals surface area contributed by atoms with Gasteiger partial charge in [-0.15, -0.1) is 0 Å². The van der Waals surface area contributed by atoms with Crippen LogP contribution in [0.2, 0.25) is 29.2 Å². The van der Waals surface area contributed by atoms with Crippen molar-refractivity contribution in [1.29, 1.82) is 0 Å². The van der Waals surface area contributed by atoms with Crippen LogP contribution in [0.4, 0.5) is 0 Å². The van der Waals surface area contributed by atoms with E-state index >= 15 is 0 Å². The molecular formula is C21H46O5Si2. The first-order valence-corrected chi connectivity index (χ1v) is 15.7. The summed E-state index contributed by atoms with van der Waals surface area (Å²) in [5.74, 6) is 0.313. The van der Waals surface area contributed by atoms with Crippen LogP contribution in [0, 0.1) is 5.92 Å². The predicted octanol–water partition coefficient (Wildman–Crippen LogP) is 4.56. The van der Waals surface area contributed by atoms with Gasteiger partial charge in [-0.2, -0.15) is 0 Å². The molecule has 0 aromatic heterocycles. The molecule has 1 aliphatic rings. The molecule has 0 aromatic carbocycles. The van der Waals surface area contributed by atoms with E-state index in [-0.39, 0.29) is 5.04 Å². The molecule has 3 N–H and O–H groups in total. The molecule has 7 heteroatoms. The van der Waals surface area contributed by atoms with Crippen LogP contribution in [0.25, 0.3) is 0 Å². The number of aliphatic hydroxyl groups excluding tert-OH is 2. The highest BCUT2D eigenvalue weighted by Gasteiger charge is 2.59. The lowest BCUT2D eigenvalue weighted by atomic mass is 9.84. The number of hydrogen-bond donors (Lipinski definition) is 3. The SMILES string of the molecule is CO[Si](O)(CCC1CCC(O)C(O)C1)C(C)(C)C(C)(C)O[Si](C)(C)C(C)(C)C. The Labute approximate surface area is 175 Å². The van der Waals surface area contributed by atoms with Crippen molar-refractivity contribution in [2.45, 2.75) is 121 Å². The van der Waals surface area contributed by atoms with Crippen LogP contribution in [-0.2, 0) is 8.85 Å². The fourth-order valence-electron chi connectivity index (χ4n) is 3.94. The van der Waals surface area contributed by atoms with Gasteiger partial charge in [0.1, 0.15) is 0 Å². The van der Waals surface area contributed by atoms with E-state index < -0.39 is 39.7 Å². The Morgan fingerprint density at radius 3 is 1.89 bits per heavy atom. The first-order chi connectivity index (χ1) is 12.4. The fraction of sp³-hybridized carbons (Fsp3) is 1.00. The van der Waals surface area contributed by atoms with Crippen molar-refractivity contribution >= 4 is 16.9 Å². The van der Waals surface area contributed by atoms with Gasteiger partial charge in [0, 0.05) is 12.1 Å². The minimum atomic E-state index is -3.12. The second kappa shape index (κ2) is 8.77. The van der Waals surface area contributed by atoms with Crippen LogP contribution in [0.15, 0.2) is 0 Å². The Balaban J connectivity index is 2.96. The van der Waals surface area contributed by atoms with Gasteiger partial charge in [-0.1, -0.05) is 34.6 Å². The summed E-state index contributed by atoms with van der Waals surface area (Å²) in [6, 6.07) is 0.605. The Morgan fingerprint density at radius 1 is 0.929 bits per heavy atom. The highest BCUT2D eigenvalue weighted by Crippen LogP contribution is 2.53. The first-order valence-electron chi connectivity index (χ1n) is 10.7. The summed E-state index contributed by atoms with van der Waals surface area (Å²) in [6.07, 6.45) is 1.66. The molecule has 168 valence electrons. The van der Waals surface area contributed by atoms with Gasteiger partial charge in [0.15, 0.2) is 8.32 Å². The minimum absolute atomic E-state index is 0.0894. The Morgan fingerprint density at radius 2 is 1.46 bits per heavy atom. The van der Waals surface area contributed by atoms with Gasteiger partial charge >= 0.3 is 8.56 Å². The molecule has 1 aliphatic carbocycles. The van der Waals surface area contributed by atoms with E-state index in [4.69, 9.17) is 8.85 Å². The summed E-state index contributed by atoms with van der Waals surface area (Å²) >= 11 is 0. The number of hydrogen-bond acceptors (Lipinski definition) is 5. The molecule has 0 aliphatic heterocycles. The normalized spacial score (nSPS) is 27.5. The van der Waals surface area contributed by atoms with E-state index in [1.807, 2.05) is 0 Å². The molecule has 0 bridgehead atoms. The van der Waals surface area contributed by atoms with Crippen molar-refractivity contribution in [2.24, 2.45) is 5.92 Å². The van der Waals surface area contributed by atoms with E-state index in [1.54, 1.807) is 7.11 Å². The standard InChI is InChI=1S/C21H46O5Si2/c1-19(2,3)27(9,10)26-20(4,5)21(6,7)28(24,25-8)14-13-16-11-12-17(22)18(23)15-16/h16-18,22-24H,11-15H2,1-10H3. The topological polar surface area (TPSA) is 79.2 Å². The third kappa shape index (κ3) is 5.48. The van der Waals surface area contributed by atoms with Crippen molar-refractivity contribution in [3.8, 4) is 0 Å². The molecule has 0 radical (unpaired) electrons. The molecule has 0 heterocycles. The van der Waals surface area contributed by atoms with Gasteiger partial charge in [0.2, 0.25) is 0 Å². The maximum atomic E-state index is 11.7. The van der Waals surface area contributed by atoms with Crippen LogP contribution >= 0.6 is 0 Å². The lowest BCUT2D eigenvalue weighted by molar-refractivity contribution is -0.0263. The van der Waals surface area contributed by atoms with E-state index in [0.29, 0.717) is 24.8 Å². The maximum Gasteiger partial charge on any atom is 0.343 e. The van der Waals surface area contributed by atoms with Crippen LogP contribution in [0.5, 0.6) is 0 Å². The van der Waals surface area contributed by atoms with E-state index in [0.717, 1.165) is 12.8 Å². The molecular weight excluding hydrogens is 388 g/mol.